The normalized spacial score (nSPS) is 13.1. The van der Waals surface area contributed by atoms with Crippen molar-refractivity contribution in [2.75, 3.05) is 13.1 Å². The third-order valence-corrected chi connectivity index (χ3v) is 2.21. The number of nitrogens with one attached hydrogen (secondary N) is 1. The Morgan fingerprint density at radius 3 is 2.40 bits per heavy atom. The number of hydrogen-bond acceptors (Lipinski definition) is 4. The highest BCUT2D eigenvalue weighted by atomic mass is 14.9. The summed E-state index contributed by atoms with van der Waals surface area (Å²) in [7, 11) is 0. The fourth-order valence-electron chi connectivity index (χ4n) is 1.30. The monoisotopic (exact) mass is 208 g/mol. The van der Waals surface area contributed by atoms with Crippen molar-refractivity contribution in [3.63, 3.8) is 0 Å². The topological polar surface area (TPSA) is 63.8 Å². The summed E-state index contributed by atoms with van der Waals surface area (Å²) in [6, 6.07) is 0.160. The van der Waals surface area contributed by atoms with Crippen molar-refractivity contribution in [2.24, 2.45) is 11.7 Å². The molecule has 0 amide bonds. The van der Waals surface area contributed by atoms with Crippen LogP contribution in [0, 0.1) is 12.8 Å². The summed E-state index contributed by atoms with van der Waals surface area (Å²) in [6.45, 7) is 7.75. The molecular weight excluding hydrogens is 188 g/mol. The van der Waals surface area contributed by atoms with Gasteiger partial charge in [0.15, 0.2) is 0 Å². The molecule has 15 heavy (non-hydrogen) atoms. The molecule has 0 fully saturated rings. The molecule has 84 valence electrons. The van der Waals surface area contributed by atoms with Crippen LogP contribution in [0.2, 0.25) is 0 Å². The molecule has 0 saturated carbocycles. The molecule has 1 aromatic heterocycles. The van der Waals surface area contributed by atoms with Crippen molar-refractivity contribution in [3.05, 3.63) is 23.8 Å². The van der Waals surface area contributed by atoms with E-state index in [0.29, 0.717) is 12.5 Å². The second kappa shape index (κ2) is 5.78. The van der Waals surface area contributed by atoms with E-state index in [1.165, 1.54) is 0 Å². The van der Waals surface area contributed by atoms with Crippen LogP contribution < -0.4 is 11.1 Å². The number of nitrogens with two attached hydrogens (primary N) is 1. The predicted octanol–water partition coefficient (Wildman–Crippen LogP) is 1.03. The van der Waals surface area contributed by atoms with E-state index in [0.717, 1.165) is 17.9 Å². The largest absolute Gasteiger partial charge is 0.329 e. The minimum absolute atomic E-state index is 0.160. The highest BCUT2D eigenvalue weighted by Crippen LogP contribution is 2.09. The molecule has 0 spiro atoms. The van der Waals surface area contributed by atoms with Gasteiger partial charge in [-0.2, -0.15) is 0 Å². The number of nitrogens with zero attached hydrogens (tertiary/aromatic N) is 2. The molecule has 0 aromatic carbocycles. The lowest BCUT2D eigenvalue weighted by Gasteiger charge is -2.18. The number of aromatic nitrogens is 2. The van der Waals surface area contributed by atoms with Crippen molar-refractivity contribution in [1.29, 1.82) is 0 Å². The first kappa shape index (κ1) is 12.1. The van der Waals surface area contributed by atoms with Crippen LogP contribution in [0.5, 0.6) is 0 Å². The Kier molecular flexibility index (Phi) is 4.65. The second-order valence-corrected chi connectivity index (χ2v) is 4.15. The van der Waals surface area contributed by atoms with Crippen LogP contribution >= 0.6 is 0 Å². The van der Waals surface area contributed by atoms with E-state index < -0.39 is 0 Å². The molecule has 1 unspecified atom stereocenters. The van der Waals surface area contributed by atoms with Gasteiger partial charge in [0.05, 0.1) is 0 Å². The molecular formula is C11H20N4. The Balaban J connectivity index is 2.61. The zero-order valence-electron chi connectivity index (χ0n) is 9.70. The summed E-state index contributed by atoms with van der Waals surface area (Å²) in [4.78, 5) is 8.34. The average Bonchev–Trinajstić information content (AvgIpc) is 2.21. The van der Waals surface area contributed by atoms with Crippen LogP contribution in [0.1, 0.15) is 31.3 Å². The fourth-order valence-corrected chi connectivity index (χ4v) is 1.30. The van der Waals surface area contributed by atoms with Gasteiger partial charge >= 0.3 is 0 Å². The van der Waals surface area contributed by atoms with E-state index in [9.17, 15) is 0 Å². The van der Waals surface area contributed by atoms with Crippen molar-refractivity contribution >= 4 is 0 Å². The Hall–Kier alpha value is -1.00. The summed E-state index contributed by atoms with van der Waals surface area (Å²) >= 11 is 0. The first-order valence-corrected chi connectivity index (χ1v) is 5.35. The molecule has 0 aliphatic carbocycles. The third kappa shape index (κ3) is 3.93. The minimum Gasteiger partial charge on any atom is -0.329 e. The average molecular weight is 208 g/mol. The van der Waals surface area contributed by atoms with E-state index in [2.05, 4.69) is 29.1 Å². The van der Waals surface area contributed by atoms with Gasteiger partial charge in [-0.25, -0.2) is 9.97 Å². The van der Waals surface area contributed by atoms with Crippen LogP contribution in [0.15, 0.2) is 12.4 Å². The number of rotatable bonds is 5. The summed E-state index contributed by atoms with van der Waals surface area (Å²) in [5.41, 5.74) is 6.77. The maximum absolute atomic E-state index is 5.71. The third-order valence-electron chi connectivity index (χ3n) is 2.21. The highest BCUT2D eigenvalue weighted by Gasteiger charge is 2.09. The maximum atomic E-state index is 5.71. The first-order chi connectivity index (χ1) is 7.13. The molecule has 0 bridgehead atoms. The zero-order chi connectivity index (χ0) is 11.3. The standard InChI is InChI=1S/C11H20N4/c1-8(2)5-15-11(4-12)10-6-13-9(3)14-7-10/h6-8,11,15H,4-5,12H2,1-3H3. The molecule has 3 N–H and O–H groups in total. The van der Waals surface area contributed by atoms with Gasteiger partial charge in [-0.1, -0.05) is 13.8 Å². The van der Waals surface area contributed by atoms with Gasteiger partial charge in [-0.05, 0) is 19.4 Å². The smallest absolute Gasteiger partial charge is 0.125 e. The first-order valence-electron chi connectivity index (χ1n) is 5.35. The molecule has 0 radical (unpaired) electrons. The zero-order valence-corrected chi connectivity index (χ0v) is 9.70. The van der Waals surface area contributed by atoms with Crippen LogP contribution in [0.3, 0.4) is 0 Å². The Morgan fingerprint density at radius 1 is 1.33 bits per heavy atom. The second-order valence-electron chi connectivity index (χ2n) is 4.15. The highest BCUT2D eigenvalue weighted by molar-refractivity contribution is 5.11. The predicted molar refractivity (Wildman–Crippen MR) is 61.4 cm³/mol. The van der Waals surface area contributed by atoms with E-state index in [1.54, 1.807) is 0 Å². The molecule has 1 atom stereocenters. The quantitative estimate of drug-likeness (QED) is 0.758. The van der Waals surface area contributed by atoms with Crippen LogP contribution in [0.25, 0.3) is 0 Å². The van der Waals surface area contributed by atoms with E-state index >= 15 is 0 Å². The molecule has 0 aliphatic rings. The van der Waals surface area contributed by atoms with E-state index in [4.69, 9.17) is 5.73 Å². The Morgan fingerprint density at radius 2 is 1.93 bits per heavy atom. The summed E-state index contributed by atoms with van der Waals surface area (Å²) in [5, 5.41) is 3.40. The van der Waals surface area contributed by atoms with Gasteiger partial charge in [0.2, 0.25) is 0 Å². The summed E-state index contributed by atoms with van der Waals surface area (Å²) in [5.74, 6) is 1.41. The Labute approximate surface area is 91.3 Å². The van der Waals surface area contributed by atoms with Gasteiger partial charge in [0.25, 0.3) is 0 Å². The minimum atomic E-state index is 0.160. The van der Waals surface area contributed by atoms with Crippen LogP contribution in [-0.2, 0) is 0 Å². The molecule has 1 heterocycles. The summed E-state index contributed by atoms with van der Waals surface area (Å²) in [6.07, 6.45) is 3.68. The Bertz CT molecular complexity index is 281. The SMILES string of the molecule is Cc1ncc(C(CN)NCC(C)C)cn1. The molecule has 0 saturated heterocycles. The maximum Gasteiger partial charge on any atom is 0.125 e. The van der Waals surface area contributed by atoms with E-state index in [1.807, 2.05) is 19.3 Å². The molecule has 4 heteroatoms. The van der Waals surface area contributed by atoms with Gasteiger partial charge in [0.1, 0.15) is 5.82 Å². The van der Waals surface area contributed by atoms with Crippen molar-refractivity contribution < 1.29 is 0 Å². The van der Waals surface area contributed by atoms with Crippen LogP contribution in [-0.4, -0.2) is 23.1 Å². The van der Waals surface area contributed by atoms with Gasteiger partial charge < -0.3 is 11.1 Å². The van der Waals surface area contributed by atoms with Gasteiger partial charge in [0, 0.05) is 30.5 Å². The molecule has 1 rings (SSSR count). The van der Waals surface area contributed by atoms with Crippen molar-refractivity contribution in [3.8, 4) is 0 Å². The molecule has 0 aliphatic heterocycles. The number of hydrogen-bond donors (Lipinski definition) is 2. The molecule has 4 nitrogen and oxygen atoms in total. The fraction of sp³-hybridized carbons (Fsp3) is 0.636. The van der Waals surface area contributed by atoms with Gasteiger partial charge in [-0.15, -0.1) is 0 Å². The van der Waals surface area contributed by atoms with Crippen LogP contribution in [0.4, 0.5) is 0 Å². The van der Waals surface area contributed by atoms with E-state index in [-0.39, 0.29) is 6.04 Å². The lowest BCUT2D eigenvalue weighted by Crippen LogP contribution is -2.31. The van der Waals surface area contributed by atoms with Crippen molar-refractivity contribution in [2.45, 2.75) is 26.8 Å². The summed E-state index contributed by atoms with van der Waals surface area (Å²) < 4.78 is 0. The molecule has 1 aromatic rings. The van der Waals surface area contributed by atoms with Crippen molar-refractivity contribution in [1.82, 2.24) is 15.3 Å². The number of aryl methyl sites for hydroxylation is 1. The van der Waals surface area contributed by atoms with Gasteiger partial charge in [-0.3, -0.25) is 0 Å². The lowest BCUT2D eigenvalue weighted by molar-refractivity contribution is 0.477. The lowest BCUT2D eigenvalue weighted by atomic mass is 10.1.